The lowest BCUT2D eigenvalue weighted by atomic mass is 10.1. The maximum Gasteiger partial charge on any atom is 0.269 e. The first-order valence-corrected chi connectivity index (χ1v) is 9.47. The van der Waals surface area contributed by atoms with Crippen LogP contribution in [0.1, 0.15) is 24.0 Å². The highest BCUT2D eigenvalue weighted by atomic mass is 16.6. The molecule has 0 N–H and O–H groups in total. The number of nitrogens with zero attached hydrogens (tertiary/aromatic N) is 3. The molecule has 0 radical (unpaired) electrons. The minimum Gasteiger partial charge on any atom is -0.493 e. The second-order valence-corrected chi connectivity index (χ2v) is 6.80. The number of non-ortho nitro benzene ring substituents is 1. The smallest absolute Gasteiger partial charge is 0.269 e. The predicted octanol–water partition coefficient (Wildman–Crippen LogP) is 3.71. The number of hydrogen-bond donors (Lipinski definition) is 0. The van der Waals surface area contributed by atoms with Gasteiger partial charge in [-0.25, -0.2) is 0 Å². The summed E-state index contributed by atoms with van der Waals surface area (Å²) in [5, 5.41) is 20.3. The highest BCUT2D eigenvalue weighted by molar-refractivity contribution is 6.01. The van der Waals surface area contributed by atoms with Gasteiger partial charge in [0.25, 0.3) is 11.6 Å². The van der Waals surface area contributed by atoms with Gasteiger partial charge in [0.05, 0.1) is 12.0 Å². The highest BCUT2D eigenvalue weighted by Crippen LogP contribution is 2.30. The summed E-state index contributed by atoms with van der Waals surface area (Å²) in [6.07, 6.45) is 3.44. The number of nitriles is 1. The van der Waals surface area contributed by atoms with Gasteiger partial charge in [-0.3, -0.25) is 14.9 Å². The molecule has 0 atom stereocenters. The van der Waals surface area contributed by atoms with Crippen molar-refractivity contribution in [3.05, 3.63) is 69.3 Å². The van der Waals surface area contributed by atoms with Crippen molar-refractivity contribution in [2.75, 3.05) is 20.2 Å². The lowest BCUT2D eigenvalue weighted by Gasteiger charge is -2.14. The van der Waals surface area contributed by atoms with Crippen molar-refractivity contribution in [2.45, 2.75) is 19.4 Å². The average molecular weight is 407 g/mol. The van der Waals surface area contributed by atoms with Gasteiger partial charge in [-0.2, -0.15) is 5.26 Å². The van der Waals surface area contributed by atoms with Gasteiger partial charge < -0.3 is 14.4 Å². The summed E-state index contributed by atoms with van der Waals surface area (Å²) in [4.78, 5) is 24.6. The van der Waals surface area contributed by atoms with E-state index in [1.54, 1.807) is 35.2 Å². The van der Waals surface area contributed by atoms with Gasteiger partial charge in [-0.05, 0) is 42.2 Å². The number of ether oxygens (including phenoxy) is 2. The number of carbonyl (C=O) groups excluding carboxylic acids is 1. The Morgan fingerprint density at radius 3 is 2.67 bits per heavy atom. The molecule has 0 unspecified atom stereocenters. The topological polar surface area (TPSA) is 106 Å². The first kappa shape index (κ1) is 20.9. The van der Waals surface area contributed by atoms with Gasteiger partial charge in [-0.1, -0.05) is 18.2 Å². The summed E-state index contributed by atoms with van der Waals surface area (Å²) in [6, 6.07) is 13.3. The van der Waals surface area contributed by atoms with Crippen molar-refractivity contribution in [1.82, 2.24) is 4.90 Å². The third-order valence-electron chi connectivity index (χ3n) is 4.76. The van der Waals surface area contributed by atoms with Crippen LogP contribution in [-0.4, -0.2) is 35.9 Å². The molecule has 2 aromatic rings. The maximum atomic E-state index is 12.5. The molecule has 0 aliphatic carbocycles. The van der Waals surface area contributed by atoms with E-state index in [4.69, 9.17) is 9.47 Å². The lowest BCUT2D eigenvalue weighted by Crippen LogP contribution is -2.28. The fourth-order valence-electron chi connectivity index (χ4n) is 3.21. The van der Waals surface area contributed by atoms with Gasteiger partial charge in [0.1, 0.15) is 18.2 Å². The Balaban J connectivity index is 1.76. The van der Waals surface area contributed by atoms with E-state index in [9.17, 15) is 20.2 Å². The molecular formula is C22H21N3O5. The van der Waals surface area contributed by atoms with E-state index >= 15 is 0 Å². The van der Waals surface area contributed by atoms with Crippen LogP contribution in [-0.2, 0) is 11.4 Å². The molecular weight excluding hydrogens is 386 g/mol. The molecule has 0 spiro atoms. The second-order valence-electron chi connectivity index (χ2n) is 6.80. The van der Waals surface area contributed by atoms with Crippen molar-refractivity contribution in [1.29, 1.82) is 5.26 Å². The average Bonchev–Trinajstić information content (AvgIpc) is 3.31. The van der Waals surface area contributed by atoms with E-state index in [0.29, 0.717) is 35.7 Å². The third-order valence-corrected chi connectivity index (χ3v) is 4.76. The lowest BCUT2D eigenvalue weighted by molar-refractivity contribution is -0.384. The van der Waals surface area contributed by atoms with E-state index < -0.39 is 4.92 Å². The van der Waals surface area contributed by atoms with Crippen LogP contribution in [0.5, 0.6) is 11.5 Å². The minimum atomic E-state index is -0.457. The molecule has 3 rings (SSSR count). The van der Waals surface area contributed by atoms with E-state index in [1.807, 2.05) is 6.07 Å². The molecule has 1 saturated heterocycles. The van der Waals surface area contributed by atoms with Crippen LogP contribution in [0.2, 0.25) is 0 Å². The zero-order valence-corrected chi connectivity index (χ0v) is 16.5. The Kier molecular flexibility index (Phi) is 6.65. The monoisotopic (exact) mass is 407 g/mol. The molecule has 0 saturated carbocycles. The van der Waals surface area contributed by atoms with Gasteiger partial charge in [0, 0.05) is 25.2 Å². The van der Waals surface area contributed by atoms with Crippen molar-refractivity contribution in [2.24, 2.45) is 0 Å². The number of rotatable bonds is 7. The fourth-order valence-corrected chi connectivity index (χ4v) is 3.21. The Bertz CT molecular complexity index is 1020. The Morgan fingerprint density at radius 1 is 1.23 bits per heavy atom. The van der Waals surface area contributed by atoms with Gasteiger partial charge in [0.15, 0.2) is 11.5 Å². The minimum absolute atomic E-state index is 0.00440. The van der Waals surface area contributed by atoms with E-state index in [0.717, 1.165) is 12.8 Å². The first-order chi connectivity index (χ1) is 14.5. The van der Waals surface area contributed by atoms with Crippen molar-refractivity contribution < 1.29 is 19.2 Å². The summed E-state index contributed by atoms with van der Waals surface area (Å²) < 4.78 is 11.1. The van der Waals surface area contributed by atoms with Gasteiger partial charge in [0.2, 0.25) is 0 Å². The number of carbonyl (C=O) groups is 1. The van der Waals surface area contributed by atoms with E-state index in [-0.39, 0.29) is 23.8 Å². The molecule has 8 heteroatoms. The van der Waals surface area contributed by atoms with Gasteiger partial charge >= 0.3 is 0 Å². The molecule has 154 valence electrons. The maximum absolute atomic E-state index is 12.5. The van der Waals surface area contributed by atoms with Crippen LogP contribution < -0.4 is 9.47 Å². The molecule has 0 aromatic heterocycles. The molecule has 2 aromatic carbocycles. The zero-order chi connectivity index (χ0) is 21.5. The van der Waals surface area contributed by atoms with E-state index in [2.05, 4.69) is 0 Å². The highest BCUT2D eigenvalue weighted by Gasteiger charge is 2.21. The van der Waals surface area contributed by atoms with Crippen LogP contribution in [0.4, 0.5) is 5.69 Å². The summed E-state index contributed by atoms with van der Waals surface area (Å²) in [6.45, 7) is 1.47. The number of methoxy groups -OCH3 is 1. The predicted molar refractivity (Wildman–Crippen MR) is 110 cm³/mol. The molecule has 1 amide bonds. The fraction of sp³-hybridized carbons (Fsp3) is 0.273. The zero-order valence-electron chi connectivity index (χ0n) is 16.5. The third kappa shape index (κ3) is 4.94. The Labute approximate surface area is 174 Å². The first-order valence-electron chi connectivity index (χ1n) is 9.47. The molecule has 1 heterocycles. The summed E-state index contributed by atoms with van der Waals surface area (Å²) in [5.74, 6) is 0.616. The number of nitro benzene ring substituents is 1. The van der Waals surface area contributed by atoms with Crippen LogP contribution in [0, 0.1) is 21.4 Å². The largest absolute Gasteiger partial charge is 0.493 e. The molecule has 30 heavy (non-hydrogen) atoms. The van der Waals surface area contributed by atoms with Crippen molar-refractivity contribution in [3.8, 4) is 17.6 Å². The van der Waals surface area contributed by atoms with Crippen LogP contribution in [0.3, 0.4) is 0 Å². The van der Waals surface area contributed by atoms with Crippen molar-refractivity contribution in [3.63, 3.8) is 0 Å². The SMILES string of the molecule is COc1cc(/C=C(\C#N)C(=O)N2CCCC2)ccc1OCc1cccc([N+](=O)[O-])c1. The summed E-state index contributed by atoms with van der Waals surface area (Å²) >= 11 is 0. The standard InChI is InChI=1S/C22H21N3O5/c1-29-21-13-16(11-18(14-23)22(26)24-9-2-3-10-24)7-8-20(21)30-15-17-5-4-6-19(12-17)25(27)28/h4-8,11-13H,2-3,9-10,15H2,1H3/b18-11+. The van der Waals surface area contributed by atoms with Crippen LogP contribution in [0.25, 0.3) is 6.08 Å². The van der Waals surface area contributed by atoms with Gasteiger partial charge in [-0.15, -0.1) is 0 Å². The molecule has 8 nitrogen and oxygen atoms in total. The Morgan fingerprint density at radius 2 is 2.00 bits per heavy atom. The molecule has 0 bridgehead atoms. The van der Waals surface area contributed by atoms with Crippen LogP contribution >= 0.6 is 0 Å². The number of benzene rings is 2. The normalized spacial score (nSPS) is 13.6. The van der Waals surface area contributed by atoms with E-state index in [1.165, 1.54) is 25.3 Å². The summed E-state index contributed by atoms with van der Waals surface area (Å²) in [7, 11) is 1.49. The quantitative estimate of drug-likeness (QED) is 0.300. The molecule has 1 aliphatic rings. The Hall–Kier alpha value is -3.86. The summed E-state index contributed by atoms with van der Waals surface area (Å²) in [5.41, 5.74) is 1.36. The number of hydrogen-bond acceptors (Lipinski definition) is 6. The number of amides is 1. The number of likely N-dealkylation sites (tertiary alicyclic amines) is 1. The molecule has 1 aliphatic heterocycles. The van der Waals surface area contributed by atoms with Crippen LogP contribution in [0.15, 0.2) is 48.0 Å². The van der Waals surface area contributed by atoms with Crippen molar-refractivity contribution >= 4 is 17.7 Å². The second kappa shape index (κ2) is 9.56. The number of nitro groups is 1. The molecule has 1 fully saturated rings.